The summed E-state index contributed by atoms with van der Waals surface area (Å²) >= 11 is 0. The highest BCUT2D eigenvalue weighted by molar-refractivity contribution is 7.85. The Morgan fingerprint density at radius 1 is 1.25 bits per heavy atom. The number of para-hydroxylation sites is 1. The Balaban J connectivity index is 1.83. The number of nitrogens with zero attached hydrogens (tertiary/aromatic N) is 2. The van der Waals surface area contributed by atoms with Gasteiger partial charge in [-0.25, -0.2) is 4.98 Å². The fraction of sp³-hybridized carbons (Fsp3) is 0.400. The molecule has 0 aliphatic carbocycles. The third-order valence-electron chi connectivity index (χ3n) is 3.63. The Kier molecular flexibility index (Phi) is 3.87. The lowest BCUT2D eigenvalue weighted by Gasteiger charge is -2.24. The smallest absolute Gasteiger partial charge is 0.207 e. The lowest BCUT2D eigenvalue weighted by molar-refractivity contribution is 0.467. The molecule has 1 aromatic heterocycles. The molecule has 106 valence electrons. The highest BCUT2D eigenvalue weighted by Gasteiger charge is 2.22. The van der Waals surface area contributed by atoms with Crippen LogP contribution in [0.2, 0.25) is 0 Å². The molecule has 1 aliphatic rings. The summed E-state index contributed by atoms with van der Waals surface area (Å²) < 4.78 is 13.7. The molecule has 0 spiro atoms. The second-order valence-electron chi connectivity index (χ2n) is 5.18. The summed E-state index contributed by atoms with van der Waals surface area (Å²) in [5.74, 6) is 2.48. The number of rotatable bonds is 3. The van der Waals surface area contributed by atoms with Crippen molar-refractivity contribution in [2.75, 3.05) is 16.8 Å². The highest BCUT2D eigenvalue weighted by Crippen LogP contribution is 2.27. The predicted molar refractivity (Wildman–Crippen MR) is 82.8 cm³/mol. The topological polar surface area (TPSA) is 46.9 Å². The highest BCUT2D eigenvalue weighted by atomic mass is 32.2. The van der Waals surface area contributed by atoms with Crippen molar-refractivity contribution in [1.29, 1.82) is 0 Å². The Labute approximate surface area is 121 Å². The summed E-state index contributed by atoms with van der Waals surface area (Å²) in [7, 11) is -0.627. The number of anilines is 2. The monoisotopic (exact) mass is 289 g/mol. The Hall–Kier alpha value is -1.62. The molecule has 0 saturated carbocycles. The van der Waals surface area contributed by atoms with Crippen LogP contribution in [0, 0.1) is 6.92 Å². The zero-order valence-corrected chi connectivity index (χ0v) is 12.4. The summed E-state index contributed by atoms with van der Waals surface area (Å²) in [6.45, 7) is 2.01. The molecule has 3 rings (SSSR count). The molecule has 0 radical (unpaired) electrons. The summed E-state index contributed by atoms with van der Waals surface area (Å²) in [6.07, 6.45) is 4.02. The van der Waals surface area contributed by atoms with Crippen LogP contribution in [-0.2, 0) is 10.8 Å². The molecular weight excluding hydrogens is 270 g/mol. The molecule has 2 heterocycles. The first-order chi connectivity index (χ1) is 9.72. The first kappa shape index (κ1) is 13.4. The quantitative estimate of drug-likeness (QED) is 0.945. The van der Waals surface area contributed by atoms with Gasteiger partial charge in [-0.3, -0.25) is 4.21 Å². The molecule has 4 nitrogen and oxygen atoms in total. The first-order valence-electron chi connectivity index (χ1n) is 6.95. The van der Waals surface area contributed by atoms with Crippen molar-refractivity contribution >= 4 is 22.4 Å². The van der Waals surface area contributed by atoms with E-state index in [1.165, 1.54) is 0 Å². The van der Waals surface area contributed by atoms with E-state index in [4.69, 9.17) is 0 Å². The van der Waals surface area contributed by atoms with Crippen LogP contribution in [0.15, 0.2) is 36.5 Å². The molecular formula is C15H19N3OS. The Morgan fingerprint density at radius 2 is 1.95 bits per heavy atom. The molecule has 5 heteroatoms. The van der Waals surface area contributed by atoms with Crippen molar-refractivity contribution in [3.8, 4) is 0 Å². The second kappa shape index (κ2) is 5.79. The molecule has 1 aliphatic heterocycles. The third kappa shape index (κ3) is 2.93. The molecule has 20 heavy (non-hydrogen) atoms. The van der Waals surface area contributed by atoms with E-state index in [1.807, 2.05) is 37.3 Å². The molecule has 1 N–H and O–H groups in total. The van der Waals surface area contributed by atoms with E-state index in [0.717, 1.165) is 41.7 Å². The van der Waals surface area contributed by atoms with Crippen molar-refractivity contribution in [3.63, 3.8) is 0 Å². The van der Waals surface area contributed by atoms with Gasteiger partial charge in [0.15, 0.2) is 0 Å². The largest absolute Gasteiger partial charge is 0.326 e. The minimum Gasteiger partial charge on any atom is -0.326 e. The molecule has 0 bridgehead atoms. The number of aryl methyl sites for hydroxylation is 1. The van der Waals surface area contributed by atoms with Gasteiger partial charge in [0.05, 0.1) is 5.69 Å². The van der Waals surface area contributed by atoms with Crippen LogP contribution in [0.4, 0.5) is 11.6 Å². The maximum Gasteiger partial charge on any atom is 0.207 e. The first-order valence-corrected chi connectivity index (χ1v) is 8.44. The van der Waals surface area contributed by atoms with E-state index in [1.54, 1.807) is 0 Å². The van der Waals surface area contributed by atoms with Gasteiger partial charge in [0, 0.05) is 40.2 Å². The zero-order chi connectivity index (χ0) is 13.9. The van der Waals surface area contributed by atoms with E-state index in [2.05, 4.69) is 21.1 Å². The second-order valence-corrected chi connectivity index (χ2v) is 6.88. The molecule has 1 fully saturated rings. The minimum absolute atomic E-state index is 0.403. The van der Waals surface area contributed by atoms with Crippen LogP contribution in [-0.4, -0.2) is 25.3 Å². The van der Waals surface area contributed by atoms with Crippen molar-refractivity contribution in [1.82, 2.24) is 9.55 Å². The summed E-state index contributed by atoms with van der Waals surface area (Å²) in [4.78, 5) is 4.58. The standard InChI is InChI=1S/C15H19N3OS/c1-12-11-18(14-7-9-20(19)10-8-14)15(16-12)17-13-5-3-2-4-6-13/h2-6,11,14H,7-10H2,1H3,(H,16,17). The van der Waals surface area contributed by atoms with Gasteiger partial charge >= 0.3 is 0 Å². The van der Waals surface area contributed by atoms with Crippen LogP contribution in [0.5, 0.6) is 0 Å². The average molecular weight is 289 g/mol. The van der Waals surface area contributed by atoms with E-state index in [-0.39, 0.29) is 0 Å². The number of benzene rings is 1. The summed E-state index contributed by atoms with van der Waals surface area (Å²) in [5.41, 5.74) is 2.05. The Bertz CT molecular complexity index is 599. The predicted octanol–water partition coefficient (Wildman–Crippen LogP) is 3.02. The van der Waals surface area contributed by atoms with E-state index < -0.39 is 10.8 Å². The van der Waals surface area contributed by atoms with Crippen molar-refractivity contribution in [3.05, 3.63) is 42.2 Å². The average Bonchev–Trinajstić information content (AvgIpc) is 2.81. The maximum atomic E-state index is 11.5. The molecule has 1 saturated heterocycles. The summed E-state index contributed by atoms with van der Waals surface area (Å²) in [6, 6.07) is 10.5. The van der Waals surface area contributed by atoms with Gasteiger partial charge in [-0.15, -0.1) is 0 Å². The van der Waals surface area contributed by atoms with Crippen LogP contribution in [0.3, 0.4) is 0 Å². The van der Waals surface area contributed by atoms with Gasteiger partial charge in [0.2, 0.25) is 5.95 Å². The van der Waals surface area contributed by atoms with Gasteiger partial charge in [0.25, 0.3) is 0 Å². The normalized spacial score (nSPS) is 22.6. The third-order valence-corrected chi connectivity index (χ3v) is 5.02. The minimum atomic E-state index is -0.627. The van der Waals surface area contributed by atoms with Crippen LogP contribution >= 0.6 is 0 Å². The fourth-order valence-corrected chi connectivity index (χ4v) is 3.87. The van der Waals surface area contributed by atoms with Crippen molar-refractivity contribution < 1.29 is 4.21 Å². The van der Waals surface area contributed by atoms with E-state index in [9.17, 15) is 4.21 Å². The van der Waals surface area contributed by atoms with E-state index >= 15 is 0 Å². The van der Waals surface area contributed by atoms with Gasteiger partial charge in [-0.05, 0) is 31.9 Å². The number of aromatic nitrogens is 2. The van der Waals surface area contributed by atoms with Gasteiger partial charge in [-0.2, -0.15) is 0 Å². The van der Waals surface area contributed by atoms with Gasteiger partial charge < -0.3 is 9.88 Å². The van der Waals surface area contributed by atoms with Gasteiger partial charge in [-0.1, -0.05) is 18.2 Å². The van der Waals surface area contributed by atoms with E-state index in [0.29, 0.717) is 6.04 Å². The zero-order valence-electron chi connectivity index (χ0n) is 11.6. The van der Waals surface area contributed by atoms with Crippen molar-refractivity contribution in [2.24, 2.45) is 0 Å². The number of imidazole rings is 1. The van der Waals surface area contributed by atoms with Crippen molar-refractivity contribution in [2.45, 2.75) is 25.8 Å². The molecule has 0 atom stereocenters. The lowest BCUT2D eigenvalue weighted by atomic mass is 10.1. The SMILES string of the molecule is Cc1cn(C2CCS(=O)CC2)c(Nc2ccccc2)n1. The number of hydrogen-bond donors (Lipinski definition) is 1. The molecule has 2 aromatic rings. The van der Waals surface area contributed by atoms with Crippen LogP contribution in [0.1, 0.15) is 24.6 Å². The fourth-order valence-electron chi connectivity index (χ4n) is 2.60. The van der Waals surface area contributed by atoms with Crippen LogP contribution < -0.4 is 5.32 Å². The Morgan fingerprint density at radius 3 is 2.65 bits per heavy atom. The maximum absolute atomic E-state index is 11.5. The molecule has 0 unspecified atom stereocenters. The lowest BCUT2D eigenvalue weighted by Crippen LogP contribution is -2.22. The van der Waals surface area contributed by atoms with Crippen LogP contribution in [0.25, 0.3) is 0 Å². The summed E-state index contributed by atoms with van der Waals surface area (Å²) in [5, 5.41) is 3.38. The molecule has 1 aromatic carbocycles. The number of hydrogen-bond acceptors (Lipinski definition) is 3. The number of nitrogens with one attached hydrogen (secondary N) is 1. The van der Waals surface area contributed by atoms with Gasteiger partial charge in [0.1, 0.15) is 0 Å². The molecule has 0 amide bonds.